The summed E-state index contributed by atoms with van der Waals surface area (Å²) in [6.45, 7) is 5.59. The van der Waals surface area contributed by atoms with Gasteiger partial charge in [0.1, 0.15) is 11.4 Å². The van der Waals surface area contributed by atoms with Crippen LogP contribution in [-0.4, -0.2) is 27.7 Å². The van der Waals surface area contributed by atoms with E-state index in [9.17, 15) is 4.79 Å². The summed E-state index contributed by atoms with van der Waals surface area (Å²) in [5.74, 6) is 1.44. The SMILES string of the molecule is CC(C)(C)OC(=O)N[C@H]1C[C@@H](Cc2ncccn2)C1. The monoisotopic (exact) mass is 263 g/mol. The molecule has 0 aromatic carbocycles. The molecule has 19 heavy (non-hydrogen) atoms. The quantitative estimate of drug-likeness (QED) is 0.909. The third-order valence-electron chi connectivity index (χ3n) is 3.05. The third kappa shape index (κ3) is 4.50. The van der Waals surface area contributed by atoms with Crippen LogP contribution in [0.4, 0.5) is 4.79 Å². The molecule has 1 N–H and O–H groups in total. The van der Waals surface area contributed by atoms with Gasteiger partial charge < -0.3 is 10.1 Å². The molecule has 0 bridgehead atoms. The number of amides is 1. The highest BCUT2D eigenvalue weighted by molar-refractivity contribution is 5.68. The topological polar surface area (TPSA) is 64.1 Å². The summed E-state index contributed by atoms with van der Waals surface area (Å²) in [5, 5.41) is 2.89. The van der Waals surface area contributed by atoms with E-state index < -0.39 is 5.60 Å². The fourth-order valence-corrected chi connectivity index (χ4v) is 2.19. The molecule has 2 rings (SSSR count). The fraction of sp³-hybridized carbons (Fsp3) is 0.643. The first-order chi connectivity index (χ1) is 8.92. The van der Waals surface area contributed by atoms with E-state index in [1.165, 1.54) is 0 Å². The van der Waals surface area contributed by atoms with E-state index in [-0.39, 0.29) is 12.1 Å². The Morgan fingerprint density at radius 2 is 2.00 bits per heavy atom. The van der Waals surface area contributed by atoms with Gasteiger partial charge in [-0.15, -0.1) is 0 Å². The van der Waals surface area contributed by atoms with Gasteiger partial charge in [-0.3, -0.25) is 0 Å². The second-order valence-corrected chi connectivity index (χ2v) is 6.05. The summed E-state index contributed by atoms with van der Waals surface area (Å²) < 4.78 is 5.22. The molecular formula is C14H21N3O2. The van der Waals surface area contributed by atoms with Crippen molar-refractivity contribution in [3.8, 4) is 0 Å². The van der Waals surface area contributed by atoms with Crippen LogP contribution in [0.2, 0.25) is 0 Å². The standard InChI is InChI=1S/C14H21N3O2/c1-14(2,3)19-13(18)17-11-7-10(8-11)9-12-15-5-4-6-16-12/h4-6,10-11H,7-9H2,1-3H3,(H,17,18)/t10-,11+. The van der Waals surface area contributed by atoms with Crippen LogP contribution in [0.3, 0.4) is 0 Å². The van der Waals surface area contributed by atoms with Crippen molar-refractivity contribution in [2.45, 2.75) is 51.7 Å². The van der Waals surface area contributed by atoms with E-state index in [4.69, 9.17) is 4.74 Å². The van der Waals surface area contributed by atoms with Crippen LogP contribution in [0.25, 0.3) is 0 Å². The van der Waals surface area contributed by atoms with Crippen molar-refractivity contribution in [3.05, 3.63) is 24.3 Å². The molecule has 0 saturated heterocycles. The van der Waals surface area contributed by atoms with E-state index in [2.05, 4.69) is 15.3 Å². The molecule has 0 spiro atoms. The number of rotatable bonds is 3. The van der Waals surface area contributed by atoms with Crippen LogP contribution in [0.1, 0.15) is 39.4 Å². The molecule has 0 radical (unpaired) electrons. The highest BCUT2D eigenvalue weighted by Gasteiger charge is 2.32. The number of hydrogen-bond donors (Lipinski definition) is 1. The molecule has 1 amide bonds. The van der Waals surface area contributed by atoms with Gasteiger partial charge in [0.15, 0.2) is 0 Å². The lowest BCUT2D eigenvalue weighted by atomic mass is 9.78. The Hall–Kier alpha value is -1.65. The first-order valence-electron chi connectivity index (χ1n) is 6.68. The minimum absolute atomic E-state index is 0.226. The van der Waals surface area contributed by atoms with Crippen LogP contribution < -0.4 is 5.32 Å². The van der Waals surface area contributed by atoms with Crippen molar-refractivity contribution >= 4 is 6.09 Å². The molecule has 0 aliphatic heterocycles. The third-order valence-corrected chi connectivity index (χ3v) is 3.05. The number of hydrogen-bond acceptors (Lipinski definition) is 4. The number of aromatic nitrogens is 2. The molecule has 1 aromatic rings. The lowest BCUT2D eigenvalue weighted by Gasteiger charge is -2.35. The Bertz CT molecular complexity index is 422. The number of carbonyl (C=O) groups is 1. The molecule has 1 fully saturated rings. The molecule has 1 aliphatic rings. The second-order valence-electron chi connectivity index (χ2n) is 6.05. The summed E-state index contributed by atoms with van der Waals surface area (Å²) in [6.07, 6.45) is 6.02. The molecule has 5 heteroatoms. The molecule has 1 aromatic heterocycles. The van der Waals surface area contributed by atoms with Crippen LogP contribution in [0.15, 0.2) is 18.5 Å². The normalized spacial score (nSPS) is 22.5. The zero-order valence-corrected chi connectivity index (χ0v) is 11.7. The van der Waals surface area contributed by atoms with E-state index >= 15 is 0 Å². The Morgan fingerprint density at radius 1 is 1.37 bits per heavy atom. The van der Waals surface area contributed by atoms with Crippen LogP contribution in [-0.2, 0) is 11.2 Å². The van der Waals surface area contributed by atoms with Gasteiger partial charge in [0.05, 0.1) is 0 Å². The minimum Gasteiger partial charge on any atom is -0.444 e. The summed E-state index contributed by atoms with van der Waals surface area (Å²) in [6, 6.07) is 2.04. The van der Waals surface area contributed by atoms with Crippen LogP contribution in [0.5, 0.6) is 0 Å². The van der Waals surface area contributed by atoms with Crippen molar-refractivity contribution in [2.75, 3.05) is 0 Å². The van der Waals surface area contributed by atoms with Crippen molar-refractivity contribution in [3.63, 3.8) is 0 Å². The average Bonchev–Trinajstić information content (AvgIpc) is 2.25. The predicted octanol–water partition coefficient (Wildman–Crippen LogP) is 2.32. The zero-order valence-electron chi connectivity index (χ0n) is 11.7. The molecule has 0 atom stereocenters. The average molecular weight is 263 g/mol. The highest BCUT2D eigenvalue weighted by atomic mass is 16.6. The number of nitrogens with one attached hydrogen (secondary N) is 1. The largest absolute Gasteiger partial charge is 0.444 e. The lowest BCUT2D eigenvalue weighted by Crippen LogP contribution is -2.46. The first-order valence-corrected chi connectivity index (χ1v) is 6.68. The summed E-state index contributed by atoms with van der Waals surface area (Å²) in [7, 11) is 0. The van der Waals surface area contributed by atoms with E-state index in [0.717, 1.165) is 25.1 Å². The minimum atomic E-state index is -0.439. The van der Waals surface area contributed by atoms with E-state index in [1.54, 1.807) is 12.4 Å². The van der Waals surface area contributed by atoms with Gasteiger partial charge in [0.2, 0.25) is 0 Å². The number of alkyl carbamates (subject to hydrolysis) is 1. The van der Waals surface area contributed by atoms with Crippen LogP contribution >= 0.6 is 0 Å². The summed E-state index contributed by atoms with van der Waals surface area (Å²) in [5.41, 5.74) is -0.439. The van der Waals surface area contributed by atoms with Crippen molar-refractivity contribution in [2.24, 2.45) is 5.92 Å². The summed E-state index contributed by atoms with van der Waals surface area (Å²) >= 11 is 0. The Labute approximate surface area is 113 Å². The molecule has 5 nitrogen and oxygen atoms in total. The van der Waals surface area contributed by atoms with Gasteiger partial charge in [-0.1, -0.05) is 0 Å². The highest BCUT2D eigenvalue weighted by Crippen LogP contribution is 2.29. The van der Waals surface area contributed by atoms with Gasteiger partial charge in [-0.05, 0) is 45.6 Å². The number of ether oxygens (including phenoxy) is 1. The molecule has 1 heterocycles. The predicted molar refractivity (Wildman–Crippen MR) is 71.6 cm³/mol. The van der Waals surface area contributed by atoms with E-state index in [1.807, 2.05) is 26.8 Å². The Balaban J connectivity index is 1.68. The van der Waals surface area contributed by atoms with Crippen LogP contribution in [0, 0.1) is 5.92 Å². The first kappa shape index (κ1) is 13.8. The molecule has 1 saturated carbocycles. The smallest absolute Gasteiger partial charge is 0.407 e. The zero-order chi connectivity index (χ0) is 13.9. The summed E-state index contributed by atoms with van der Waals surface area (Å²) in [4.78, 5) is 20.0. The maximum atomic E-state index is 11.6. The van der Waals surface area contributed by atoms with Gasteiger partial charge >= 0.3 is 6.09 Å². The number of nitrogens with zero attached hydrogens (tertiary/aromatic N) is 2. The Kier molecular flexibility index (Phi) is 4.02. The van der Waals surface area contributed by atoms with E-state index in [0.29, 0.717) is 5.92 Å². The van der Waals surface area contributed by atoms with Gasteiger partial charge in [-0.25, -0.2) is 14.8 Å². The van der Waals surface area contributed by atoms with Gasteiger partial charge in [0, 0.05) is 24.9 Å². The molecule has 104 valence electrons. The van der Waals surface area contributed by atoms with Crippen molar-refractivity contribution < 1.29 is 9.53 Å². The maximum Gasteiger partial charge on any atom is 0.407 e. The van der Waals surface area contributed by atoms with Gasteiger partial charge in [-0.2, -0.15) is 0 Å². The molecule has 1 aliphatic carbocycles. The fourth-order valence-electron chi connectivity index (χ4n) is 2.19. The Morgan fingerprint density at radius 3 is 2.58 bits per heavy atom. The molecule has 0 unspecified atom stereocenters. The molecular weight excluding hydrogens is 242 g/mol. The second kappa shape index (κ2) is 5.55. The lowest BCUT2D eigenvalue weighted by molar-refractivity contribution is 0.0452. The maximum absolute atomic E-state index is 11.6. The van der Waals surface area contributed by atoms with Crippen molar-refractivity contribution in [1.29, 1.82) is 0 Å². The van der Waals surface area contributed by atoms with Crippen molar-refractivity contribution in [1.82, 2.24) is 15.3 Å². The number of carbonyl (C=O) groups excluding carboxylic acids is 1. The van der Waals surface area contributed by atoms with Gasteiger partial charge in [0.25, 0.3) is 0 Å².